The van der Waals surface area contributed by atoms with Crippen LogP contribution in [0.2, 0.25) is 0 Å². The average Bonchev–Trinajstić information content (AvgIpc) is 2.61. The zero-order valence-corrected chi connectivity index (χ0v) is 20.5. The number of hydrogen-bond acceptors (Lipinski definition) is 0. The van der Waals surface area contributed by atoms with Gasteiger partial charge in [-0.2, -0.15) is 13.2 Å². The van der Waals surface area contributed by atoms with Crippen molar-refractivity contribution in [2.45, 2.75) is 97.5 Å². The van der Waals surface area contributed by atoms with E-state index in [1.165, 1.54) is 5.56 Å². The lowest BCUT2D eigenvalue weighted by Crippen LogP contribution is -2.48. The Balaban J connectivity index is 3.98. The van der Waals surface area contributed by atoms with Crippen LogP contribution in [-0.4, -0.2) is 31.4 Å². The SMILES string of the molecule is Bc1c(B)c(C(F)(F)F)c(B)c(C(C)(C)CCCC)c1C(B)C(C)(CC)CCC. The molecule has 0 aliphatic heterocycles. The van der Waals surface area contributed by atoms with Gasteiger partial charge in [0, 0.05) is 5.56 Å². The zero-order chi connectivity index (χ0) is 22.8. The third kappa shape index (κ3) is 5.31. The maximum atomic E-state index is 14.1. The fourth-order valence-electron chi connectivity index (χ4n) is 5.39. The van der Waals surface area contributed by atoms with E-state index in [-0.39, 0.29) is 16.6 Å². The minimum atomic E-state index is -4.33. The van der Waals surface area contributed by atoms with E-state index < -0.39 is 11.7 Å². The van der Waals surface area contributed by atoms with Crippen molar-refractivity contribution in [3.8, 4) is 0 Å². The van der Waals surface area contributed by atoms with Gasteiger partial charge in [-0.05, 0) is 35.1 Å². The molecule has 0 saturated carbocycles. The molecule has 0 spiro atoms. The molecular formula is C22H39B4F3. The first kappa shape index (κ1) is 26.3. The number of unbranched alkanes of at least 4 members (excludes halogenated alkanes) is 1. The molecule has 0 amide bonds. The van der Waals surface area contributed by atoms with E-state index in [0.717, 1.165) is 49.6 Å². The first-order valence-electron chi connectivity index (χ1n) is 11.4. The molecule has 0 aliphatic rings. The first-order valence-corrected chi connectivity index (χ1v) is 11.4. The predicted octanol–water partition coefficient (Wildman–Crippen LogP) is 1.84. The first-order chi connectivity index (χ1) is 13.2. The van der Waals surface area contributed by atoms with Crippen LogP contribution in [0.15, 0.2) is 0 Å². The Labute approximate surface area is 180 Å². The van der Waals surface area contributed by atoms with Crippen molar-refractivity contribution < 1.29 is 13.2 Å². The molecule has 2 unspecified atom stereocenters. The molecule has 1 aromatic rings. The lowest BCUT2D eigenvalue weighted by molar-refractivity contribution is -0.135. The van der Waals surface area contributed by atoms with Crippen molar-refractivity contribution >= 4 is 47.8 Å². The minimum Gasteiger partial charge on any atom is -0.166 e. The maximum Gasteiger partial charge on any atom is 0.415 e. The zero-order valence-electron chi connectivity index (χ0n) is 20.5. The van der Waals surface area contributed by atoms with E-state index in [9.17, 15) is 13.2 Å². The van der Waals surface area contributed by atoms with Gasteiger partial charge in [0.2, 0.25) is 0 Å². The van der Waals surface area contributed by atoms with E-state index in [2.05, 4.69) is 49.4 Å². The predicted molar refractivity (Wildman–Crippen MR) is 133 cm³/mol. The van der Waals surface area contributed by atoms with E-state index in [0.29, 0.717) is 10.9 Å². The summed E-state index contributed by atoms with van der Waals surface area (Å²) in [5.74, 6) is 0.211. The average molecular weight is 404 g/mol. The second-order valence-electron chi connectivity index (χ2n) is 10.0. The Bertz CT molecular complexity index is 713. The van der Waals surface area contributed by atoms with Crippen LogP contribution in [0.3, 0.4) is 0 Å². The van der Waals surface area contributed by atoms with E-state index in [4.69, 9.17) is 0 Å². The molecule has 0 saturated heterocycles. The van der Waals surface area contributed by atoms with Gasteiger partial charge in [-0.15, -0.1) is 0 Å². The van der Waals surface area contributed by atoms with Gasteiger partial charge in [0.25, 0.3) is 0 Å². The molecule has 1 rings (SSSR count). The fraction of sp³-hybridized carbons (Fsp3) is 0.727. The molecule has 0 N–H and O–H groups in total. The van der Waals surface area contributed by atoms with E-state index in [1.54, 1.807) is 15.7 Å². The van der Waals surface area contributed by atoms with Gasteiger partial charge in [-0.1, -0.05) is 89.2 Å². The van der Waals surface area contributed by atoms with Crippen molar-refractivity contribution in [3.63, 3.8) is 0 Å². The number of halogens is 3. The molecule has 1 aromatic carbocycles. The quantitative estimate of drug-likeness (QED) is 0.552. The smallest absolute Gasteiger partial charge is 0.166 e. The Hall–Kier alpha value is -0.730. The number of alkyl halides is 3. The Kier molecular flexibility index (Phi) is 8.71. The minimum absolute atomic E-state index is 0.0771. The molecule has 7 heteroatoms. The molecule has 29 heavy (non-hydrogen) atoms. The fourth-order valence-corrected chi connectivity index (χ4v) is 5.39. The summed E-state index contributed by atoms with van der Waals surface area (Å²) in [6.07, 6.45) is 1.84. The molecule has 0 heterocycles. The van der Waals surface area contributed by atoms with Gasteiger partial charge in [0.05, 0.1) is 0 Å². The normalized spacial score (nSPS) is 15.9. The third-order valence-corrected chi connectivity index (χ3v) is 7.58. The van der Waals surface area contributed by atoms with Crippen LogP contribution in [-0.2, 0) is 11.6 Å². The number of rotatable bonds is 9. The van der Waals surface area contributed by atoms with Crippen molar-refractivity contribution in [1.29, 1.82) is 0 Å². The van der Waals surface area contributed by atoms with Crippen LogP contribution in [0.5, 0.6) is 0 Å². The number of hydrogen-bond donors (Lipinski definition) is 0. The summed E-state index contributed by atoms with van der Waals surface area (Å²) in [5.41, 5.74) is 3.18. The molecule has 0 radical (unpaired) electrons. The third-order valence-electron chi connectivity index (χ3n) is 7.58. The van der Waals surface area contributed by atoms with Gasteiger partial charge >= 0.3 is 6.18 Å². The van der Waals surface area contributed by atoms with Gasteiger partial charge in [0.1, 0.15) is 31.4 Å². The molecule has 0 bridgehead atoms. The Morgan fingerprint density at radius 2 is 1.34 bits per heavy atom. The van der Waals surface area contributed by atoms with Crippen LogP contribution < -0.4 is 16.4 Å². The van der Waals surface area contributed by atoms with Crippen LogP contribution in [0, 0.1) is 5.41 Å². The molecule has 0 aromatic heterocycles. The largest absolute Gasteiger partial charge is 0.415 e. The molecule has 0 nitrogen and oxygen atoms in total. The molecular weight excluding hydrogens is 364 g/mol. The topological polar surface area (TPSA) is 0 Å². The highest BCUT2D eigenvalue weighted by Gasteiger charge is 2.41. The molecule has 2 atom stereocenters. The number of benzene rings is 1. The standard InChI is InChI=1S/C22H39B4F3/c1-7-10-12-20(4,5)14-13(19(26)21(6,9-3)11-8-2)16(23)18(25)15(17(14)24)22(27,28)29/h19H,7-12,23-26H2,1-6H3. The van der Waals surface area contributed by atoms with Crippen LogP contribution >= 0.6 is 0 Å². The van der Waals surface area contributed by atoms with Crippen LogP contribution in [0.1, 0.15) is 103 Å². The summed E-state index contributed by atoms with van der Waals surface area (Å²) in [5, 5.41) is 0. The van der Waals surface area contributed by atoms with Gasteiger partial charge < -0.3 is 0 Å². The van der Waals surface area contributed by atoms with Crippen molar-refractivity contribution in [2.24, 2.45) is 5.41 Å². The van der Waals surface area contributed by atoms with Crippen molar-refractivity contribution in [2.75, 3.05) is 0 Å². The summed E-state index contributed by atoms with van der Waals surface area (Å²) in [7, 11) is 7.52. The van der Waals surface area contributed by atoms with Crippen LogP contribution in [0.25, 0.3) is 0 Å². The Morgan fingerprint density at radius 3 is 1.76 bits per heavy atom. The van der Waals surface area contributed by atoms with Crippen molar-refractivity contribution in [3.05, 3.63) is 16.7 Å². The highest BCUT2D eigenvalue weighted by molar-refractivity contribution is 6.52. The summed E-state index contributed by atoms with van der Waals surface area (Å²) in [6.45, 7) is 13.1. The lowest BCUT2D eigenvalue weighted by Gasteiger charge is -2.42. The van der Waals surface area contributed by atoms with Gasteiger partial charge in [-0.3, -0.25) is 0 Å². The lowest BCUT2D eigenvalue weighted by atomic mass is 9.52. The monoisotopic (exact) mass is 404 g/mol. The summed E-state index contributed by atoms with van der Waals surface area (Å²) in [4.78, 5) is 0. The second kappa shape index (κ2) is 9.60. The van der Waals surface area contributed by atoms with E-state index in [1.807, 2.05) is 7.85 Å². The highest BCUT2D eigenvalue weighted by Crippen LogP contribution is 2.44. The van der Waals surface area contributed by atoms with E-state index >= 15 is 0 Å². The molecule has 0 aliphatic carbocycles. The highest BCUT2D eigenvalue weighted by atomic mass is 19.4. The summed E-state index contributed by atoms with van der Waals surface area (Å²) < 4.78 is 42.2. The van der Waals surface area contributed by atoms with Gasteiger partial charge in [0.15, 0.2) is 0 Å². The van der Waals surface area contributed by atoms with Gasteiger partial charge in [-0.25, -0.2) is 0 Å². The van der Waals surface area contributed by atoms with Crippen molar-refractivity contribution in [1.82, 2.24) is 0 Å². The second-order valence-corrected chi connectivity index (χ2v) is 10.0. The summed E-state index contributed by atoms with van der Waals surface area (Å²) >= 11 is 0. The van der Waals surface area contributed by atoms with Crippen LogP contribution in [0.4, 0.5) is 13.2 Å². The molecule has 160 valence electrons. The Morgan fingerprint density at radius 1 is 0.793 bits per heavy atom. The summed E-state index contributed by atoms with van der Waals surface area (Å²) in [6, 6.07) is 0. The maximum absolute atomic E-state index is 14.1. The molecule has 0 fully saturated rings.